The van der Waals surface area contributed by atoms with Crippen LogP contribution in [0.4, 0.5) is 0 Å². The molecule has 2 aromatic rings. The van der Waals surface area contributed by atoms with Crippen molar-refractivity contribution >= 4 is 14.3 Å². The van der Waals surface area contributed by atoms with Crippen LogP contribution in [0.2, 0.25) is 18.1 Å². The van der Waals surface area contributed by atoms with Crippen LogP contribution < -0.4 is 0 Å². The molecule has 3 rings (SSSR count). The van der Waals surface area contributed by atoms with Gasteiger partial charge < -0.3 is 9.16 Å². The molecule has 2 unspecified atom stereocenters. The van der Waals surface area contributed by atoms with Crippen molar-refractivity contribution in [3.05, 3.63) is 53.3 Å². The molecule has 1 aliphatic rings. The maximum atomic E-state index is 12.1. The number of nitrogens with zero attached hydrogens (tertiary/aromatic N) is 2. The summed E-state index contributed by atoms with van der Waals surface area (Å²) in [6.45, 7) is 13.5. The van der Waals surface area contributed by atoms with Gasteiger partial charge in [0.2, 0.25) is 0 Å². The van der Waals surface area contributed by atoms with Gasteiger partial charge in [0.15, 0.2) is 8.32 Å². The van der Waals surface area contributed by atoms with Gasteiger partial charge in [-0.05, 0) is 36.2 Å². The van der Waals surface area contributed by atoms with E-state index in [0.717, 1.165) is 6.42 Å². The van der Waals surface area contributed by atoms with Crippen LogP contribution in [0.5, 0.6) is 0 Å². The Bertz CT molecular complexity index is 823. The van der Waals surface area contributed by atoms with Crippen LogP contribution >= 0.6 is 0 Å². The van der Waals surface area contributed by atoms with Crippen LogP contribution in [-0.4, -0.2) is 36.8 Å². The summed E-state index contributed by atoms with van der Waals surface area (Å²) in [6, 6.07) is 8.39. The van der Waals surface area contributed by atoms with E-state index in [1.54, 1.807) is 19.3 Å². The van der Waals surface area contributed by atoms with Crippen molar-refractivity contribution in [1.29, 1.82) is 0 Å². The van der Waals surface area contributed by atoms with E-state index in [1.165, 1.54) is 11.1 Å². The standard InChI is InChI=1S/C21H30N2O3Si/c1-7-25-20(24)16-13-22-23(14-16)19-17-11-9-8-10-15(17)12-18(19)26-27(5,6)21(2,3)4/h8-11,13-14,18-19H,7,12H2,1-6H3. The molecule has 1 aliphatic carbocycles. The number of hydrogen-bond donors (Lipinski definition) is 0. The van der Waals surface area contributed by atoms with E-state index in [2.05, 4.69) is 63.2 Å². The van der Waals surface area contributed by atoms with Crippen LogP contribution in [0, 0.1) is 0 Å². The zero-order chi connectivity index (χ0) is 19.8. The minimum absolute atomic E-state index is 0.0123. The summed E-state index contributed by atoms with van der Waals surface area (Å²) in [5.74, 6) is -0.336. The Hall–Kier alpha value is -1.92. The van der Waals surface area contributed by atoms with Crippen molar-refractivity contribution < 1.29 is 14.0 Å². The molecule has 0 aliphatic heterocycles. The van der Waals surface area contributed by atoms with E-state index in [9.17, 15) is 4.79 Å². The molecular formula is C21H30N2O3Si. The summed E-state index contributed by atoms with van der Waals surface area (Å²) in [5.41, 5.74) is 2.99. The fraction of sp³-hybridized carbons (Fsp3) is 0.524. The smallest absolute Gasteiger partial charge is 0.341 e. The number of fused-ring (bicyclic) bond motifs is 1. The Labute approximate surface area is 162 Å². The topological polar surface area (TPSA) is 53.3 Å². The van der Waals surface area contributed by atoms with Crippen molar-refractivity contribution in [3.63, 3.8) is 0 Å². The lowest BCUT2D eigenvalue weighted by atomic mass is 10.1. The Morgan fingerprint density at radius 2 is 2.00 bits per heavy atom. The van der Waals surface area contributed by atoms with Gasteiger partial charge in [-0.1, -0.05) is 45.0 Å². The number of ether oxygens (including phenoxy) is 1. The Balaban J connectivity index is 1.95. The number of benzene rings is 1. The van der Waals surface area contributed by atoms with Gasteiger partial charge in [-0.2, -0.15) is 5.10 Å². The molecule has 6 heteroatoms. The first-order valence-corrected chi connectivity index (χ1v) is 12.5. The zero-order valence-electron chi connectivity index (χ0n) is 17.2. The van der Waals surface area contributed by atoms with Gasteiger partial charge >= 0.3 is 5.97 Å². The van der Waals surface area contributed by atoms with Gasteiger partial charge in [0.05, 0.1) is 24.5 Å². The van der Waals surface area contributed by atoms with Crippen LogP contribution in [-0.2, 0) is 15.6 Å². The summed E-state index contributed by atoms with van der Waals surface area (Å²) in [6.07, 6.45) is 4.25. The molecule has 0 spiro atoms. The van der Waals surface area contributed by atoms with Crippen molar-refractivity contribution in [2.24, 2.45) is 0 Å². The van der Waals surface area contributed by atoms with E-state index in [1.807, 2.05) is 4.68 Å². The third kappa shape index (κ3) is 3.87. The molecule has 1 aromatic carbocycles. The van der Waals surface area contributed by atoms with Crippen molar-refractivity contribution in [1.82, 2.24) is 9.78 Å². The largest absolute Gasteiger partial charge is 0.462 e. The molecule has 0 N–H and O–H groups in total. The third-order valence-corrected chi connectivity index (χ3v) is 10.3. The number of carbonyl (C=O) groups excluding carboxylic acids is 1. The van der Waals surface area contributed by atoms with Gasteiger partial charge in [-0.15, -0.1) is 0 Å². The summed E-state index contributed by atoms with van der Waals surface area (Å²) >= 11 is 0. The number of esters is 1. The first-order valence-electron chi connectivity index (χ1n) is 9.61. The zero-order valence-corrected chi connectivity index (χ0v) is 18.2. The third-order valence-electron chi connectivity index (χ3n) is 5.80. The van der Waals surface area contributed by atoms with E-state index in [-0.39, 0.29) is 23.2 Å². The fourth-order valence-corrected chi connectivity index (χ4v) is 4.64. The van der Waals surface area contributed by atoms with E-state index >= 15 is 0 Å². The minimum Gasteiger partial charge on any atom is -0.462 e. The highest BCUT2D eigenvalue weighted by atomic mass is 28.4. The minimum atomic E-state index is -1.94. The van der Waals surface area contributed by atoms with Gasteiger partial charge in [0.25, 0.3) is 0 Å². The van der Waals surface area contributed by atoms with Gasteiger partial charge in [-0.25, -0.2) is 4.79 Å². The molecular weight excluding hydrogens is 356 g/mol. The summed E-state index contributed by atoms with van der Waals surface area (Å²) in [7, 11) is -1.94. The van der Waals surface area contributed by atoms with E-state index < -0.39 is 8.32 Å². The highest BCUT2D eigenvalue weighted by molar-refractivity contribution is 6.74. The Morgan fingerprint density at radius 1 is 1.30 bits per heavy atom. The van der Waals surface area contributed by atoms with Crippen molar-refractivity contribution in [2.75, 3.05) is 6.61 Å². The fourth-order valence-electron chi connectivity index (χ4n) is 3.32. The van der Waals surface area contributed by atoms with E-state index in [0.29, 0.717) is 12.2 Å². The summed E-state index contributed by atoms with van der Waals surface area (Å²) in [4.78, 5) is 12.1. The lowest BCUT2D eigenvalue weighted by molar-refractivity contribution is 0.0526. The molecule has 5 nitrogen and oxygen atoms in total. The molecule has 1 aromatic heterocycles. The monoisotopic (exact) mass is 386 g/mol. The van der Waals surface area contributed by atoms with Gasteiger partial charge in [0, 0.05) is 12.6 Å². The molecule has 0 saturated carbocycles. The number of rotatable bonds is 5. The average molecular weight is 387 g/mol. The molecule has 146 valence electrons. The molecule has 1 heterocycles. The Kier molecular flexibility index (Phi) is 5.32. The normalized spacial score (nSPS) is 19.8. The van der Waals surface area contributed by atoms with Gasteiger partial charge in [0.1, 0.15) is 6.04 Å². The first kappa shape index (κ1) is 19.8. The molecule has 0 fully saturated rings. The molecule has 0 saturated heterocycles. The predicted octanol–water partition coefficient (Wildman–Crippen LogP) is 4.60. The van der Waals surface area contributed by atoms with Crippen LogP contribution in [0.3, 0.4) is 0 Å². The molecule has 2 atom stereocenters. The second-order valence-electron chi connectivity index (χ2n) is 8.69. The highest BCUT2D eigenvalue weighted by Gasteiger charge is 2.44. The second kappa shape index (κ2) is 7.24. The van der Waals surface area contributed by atoms with Crippen LogP contribution in [0.15, 0.2) is 36.7 Å². The summed E-state index contributed by atoms with van der Waals surface area (Å²) < 4.78 is 13.8. The first-order chi connectivity index (χ1) is 12.6. The molecule has 0 bridgehead atoms. The highest BCUT2D eigenvalue weighted by Crippen LogP contribution is 2.43. The molecule has 0 radical (unpaired) electrons. The van der Waals surface area contributed by atoms with E-state index in [4.69, 9.17) is 9.16 Å². The average Bonchev–Trinajstić information content (AvgIpc) is 3.17. The lowest BCUT2D eigenvalue weighted by Crippen LogP contribution is -2.45. The maximum absolute atomic E-state index is 12.1. The molecule has 0 amide bonds. The number of hydrogen-bond acceptors (Lipinski definition) is 4. The van der Waals surface area contributed by atoms with Crippen molar-refractivity contribution in [2.45, 2.75) is 64.4 Å². The Morgan fingerprint density at radius 3 is 2.67 bits per heavy atom. The van der Waals surface area contributed by atoms with Crippen molar-refractivity contribution in [3.8, 4) is 0 Å². The molecule has 27 heavy (non-hydrogen) atoms. The number of aromatic nitrogens is 2. The van der Waals surface area contributed by atoms with Gasteiger partial charge in [-0.3, -0.25) is 4.68 Å². The predicted molar refractivity (Wildman–Crippen MR) is 109 cm³/mol. The maximum Gasteiger partial charge on any atom is 0.341 e. The quantitative estimate of drug-likeness (QED) is 0.557. The second-order valence-corrected chi connectivity index (χ2v) is 13.5. The lowest BCUT2D eigenvalue weighted by Gasteiger charge is -2.39. The SMILES string of the molecule is CCOC(=O)c1cnn(C2c3ccccc3CC2O[Si](C)(C)C(C)(C)C)c1. The van der Waals surface area contributed by atoms with Crippen LogP contribution in [0.25, 0.3) is 0 Å². The summed E-state index contributed by atoms with van der Waals surface area (Å²) in [5, 5.41) is 4.63. The van der Waals surface area contributed by atoms with Crippen LogP contribution in [0.1, 0.15) is 55.2 Å². The number of carbonyl (C=O) groups is 1.